The van der Waals surface area contributed by atoms with Crippen LogP contribution in [0.2, 0.25) is 0 Å². The van der Waals surface area contributed by atoms with Gasteiger partial charge in [-0.1, -0.05) is 18.2 Å². The number of esters is 1. The Bertz CT molecular complexity index is 756. The smallest absolute Gasteiger partial charge is 0.338 e. The highest BCUT2D eigenvalue weighted by atomic mass is 16.6. The highest BCUT2D eigenvalue weighted by Crippen LogP contribution is 2.15. The number of hydrogen-bond donors (Lipinski definition) is 0. The number of ether oxygens (including phenoxy) is 2. The van der Waals surface area contributed by atoms with E-state index in [4.69, 9.17) is 9.47 Å². The van der Waals surface area contributed by atoms with Crippen LogP contribution in [0.3, 0.4) is 0 Å². The first-order chi connectivity index (χ1) is 11.0. The fourth-order valence-corrected chi connectivity index (χ4v) is 1.84. The molecular weight excluding hydrogens is 302 g/mol. The topological polar surface area (TPSA) is 95.7 Å². The van der Waals surface area contributed by atoms with Gasteiger partial charge >= 0.3 is 5.97 Å². The van der Waals surface area contributed by atoms with Gasteiger partial charge < -0.3 is 9.47 Å². The Balaban J connectivity index is 2.02. The van der Waals surface area contributed by atoms with E-state index in [1.54, 1.807) is 12.1 Å². The van der Waals surface area contributed by atoms with Crippen LogP contribution < -0.4 is 4.74 Å². The molecule has 0 atom stereocenters. The Morgan fingerprint density at radius 2 is 1.78 bits per heavy atom. The summed E-state index contributed by atoms with van der Waals surface area (Å²) in [6, 6.07) is 11.6. The highest BCUT2D eigenvalue weighted by Gasteiger charge is 2.15. The van der Waals surface area contributed by atoms with Crippen LogP contribution in [0, 0.1) is 10.1 Å². The van der Waals surface area contributed by atoms with Crippen molar-refractivity contribution in [1.29, 1.82) is 0 Å². The van der Waals surface area contributed by atoms with E-state index in [9.17, 15) is 19.7 Å². The lowest BCUT2D eigenvalue weighted by atomic mass is 10.1. The molecule has 0 fully saturated rings. The summed E-state index contributed by atoms with van der Waals surface area (Å²) in [5, 5.41) is 10.7. The Labute approximate surface area is 131 Å². The summed E-state index contributed by atoms with van der Waals surface area (Å²) in [7, 11) is 1.47. The van der Waals surface area contributed by atoms with Crippen LogP contribution in [-0.2, 0) is 4.74 Å². The minimum Gasteiger partial charge on any atom is -0.497 e. The van der Waals surface area contributed by atoms with Crippen LogP contribution in [0.4, 0.5) is 5.69 Å². The molecule has 0 saturated carbocycles. The number of nitrogens with zero attached hydrogens (tertiary/aromatic N) is 1. The van der Waals surface area contributed by atoms with Crippen molar-refractivity contribution in [1.82, 2.24) is 0 Å². The summed E-state index contributed by atoms with van der Waals surface area (Å²) >= 11 is 0. The Kier molecular flexibility index (Phi) is 5.03. The molecule has 0 unspecified atom stereocenters. The number of carbonyl (C=O) groups is 2. The van der Waals surface area contributed by atoms with E-state index < -0.39 is 23.3 Å². The number of rotatable bonds is 6. The lowest BCUT2D eigenvalue weighted by molar-refractivity contribution is -0.384. The molecule has 0 N–H and O–H groups in total. The number of nitro groups is 1. The number of hydrogen-bond acceptors (Lipinski definition) is 6. The molecule has 0 saturated heterocycles. The molecule has 2 aromatic rings. The van der Waals surface area contributed by atoms with Gasteiger partial charge in [0.1, 0.15) is 5.75 Å². The van der Waals surface area contributed by atoms with Crippen molar-refractivity contribution in [2.75, 3.05) is 13.7 Å². The van der Waals surface area contributed by atoms with Crippen molar-refractivity contribution in [2.45, 2.75) is 0 Å². The van der Waals surface area contributed by atoms with Gasteiger partial charge in [0.2, 0.25) is 5.78 Å². The third-order valence-electron chi connectivity index (χ3n) is 3.02. The zero-order valence-electron chi connectivity index (χ0n) is 12.2. The average molecular weight is 315 g/mol. The van der Waals surface area contributed by atoms with Gasteiger partial charge in [0.05, 0.1) is 17.6 Å². The predicted octanol–water partition coefficient (Wildman–Crippen LogP) is 2.64. The van der Waals surface area contributed by atoms with Crippen molar-refractivity contribution in [2.24, 2.45) is 0 Å². The molecule has 118 valence electrons. The number of ketones is 1. The molecule has 0 aliphatic carbocycles. The molecule has 0 aliphatic rings. The molecule has 23 heavy (non-hydrogen) atoms. The summed E-state index contributed by atoms with van der Waals surface area (Å²) in [5.41, 5.74) is 0.156. The number of methoxy groups -OCH3 is 1. The van der Waals surface area contributed by atoms with Crippen LogP contribution in [0.25, 0.3) is 0 Å². The largest absolute Gasteiger partial charge is 0.497 e. The van der Waals surface area contributed by atoms with Crippen molar-refractivity contribution in [3.8, 4) is 5.75 Å². The van der Waals surface area contributed by atoms with Crippen molar-refractivity contribution >= 4 is 17.4 Å². The number of nitro benzene ring substituents is 1. The summed E-state index contributed by atoms with van der Waals surface area (Å²) < 4.78 is 9.93. The zero-order chi connectivity index (χ0) is 16.8. The van der Waals surface area contributed by atoms with E-state index in [2.05, 4.69) is 0 Å². The van der Waals surface area contributed by atoms with E-state index in [1.165, 1.54) is 37.4 Å². The standard InChI is InChI=1S/C16H13NO6/c1-22-14-7-3-5-12(9-14)16(19)23-10-15(18)11-4-2-6-13(8-11)17(20)21/h2-9H,10H2,1H3. The highest BCUT2D eigenvalue weighted by molar-refractivity contribution is 5.99. The lowest BCUT2D eigenvalue weighted by Gasteiger charge is -2.06. The molecule has 0 spiro atoms. The minimum absolute atomic E-state index is 0.109. The van der Waals surface area contributed by atoms with Crippen LogP contribution in [0.1, 0.15) is 20.7 Å². The lowest BCUT2D eigenvalue weighted by Crippen LogP contribution is -2.14. The van der Waals surface area contributed by atoms with E-state index >= 15 is 0 Å². The molecule has 0 amide bonds. The summed E-state index contributed by atoms with van der Waals surface area (Å²) in [4.78, 5) is 33.9. The van der Waals surface area contributed by atoms with E-state index in [-0.39, 0.29) is 16.8 Å². The maximum absolute atomic E-state index is 12.0. The fraction of sp³-hybridized carbons (Fsp3) is 0.125. The van der Waals surface area contributed by atoms with Crippen LogP contribution >= 0.6 is 0 Å². The summed E-state index contributed by atoms with van der Waals surface area (Å²) in [5.74, 6) is -0.711. The Hall–Kier alpha value is -3.22. The van der Waals surface area contributed by atoms with Gasteiger partial charge in [0.25, 0.3) is 5.69 Å². The first-order valence-corrected chi connectivity index (χ1v) is 6.60. The van der Waals surface area contributed by atoms with Gasteiger partial charge in [-0.15, -0.1) is 0 Å². The first kappa shape index (κ1) is 16.2. The van der Waals surface area contributed by atoms with E-state index in [0.717, 1.165) is 6.07 Å². The second kappa shape index (κ2) is 7.17. The molecular formula is C16H13NO6. The molecule has 0 heterocycles. The summed E-state index contributed by atoms with van der Waals surface area (Å²) in [6.07, 6.45) is 0. The third kappa shape index (κ3) is 4.13. The van der Waals surface area contributed by atoms with Gasteiger partial charge in [-0.3, -0.25) is 14.9 Å². The van der Waals surface area contributed by atoms with Gasteiger partial charge in [-0.05, 0) is 18.2 Å². The normalized spacial score (nSPS) is 9.96. The van der Waals surface area contributed by atoms with Crippen molar-refractivity contribution < 1.29 is 24.0 Å². The number of benzene rings is 2. The predicted molar refractivity (Wildman–Crippen MR) is 80.7 cm³/mol. The fourth-order valence-electron chi connectivity index (χ4n) is 1.84. The summed E-state index contributed by atoms with van der Waals surface area (Å²) in [6.45, 7) is -0.503. The van der Waals surface area contributed by atoms with Crippen LogP contribution in [0.15, 0.2) is 48.5 Å². The quantitative estimate of drug-likeness (QED) is 0.352. The van der Waals surface area contributed by atoms with Gasteiger partial charge in [0, 0.05) is 17.7 Å². The second-order valence-electron chi connectivity index (χ2n) is 4.54. The molecule has 7 nitrogen and oxygen atoms in total. The monoisotopic (exact) mass is 315 g/mol. The Morgan fingerprint density at radius 3 is 2.48 bits per heavy atom. The maximum Gasteiger partial charge on any atom is 0.338 e. The average Bonchev–Trinajstić information content (AvgIpc) is 2.59. The number of non-ortho nitro benzene ring substituents is 1. The second-order valence-corrected chi connectivity index (χ2v) is 4.54. The molecule has 0 radical (unpaired) electrons. The Morgan fingerprint density at radius 1 is 1.09 bits per heavy atom. The van der Waals surface area contributed by atoms with Crippen LogP contribution in [-0.4, -0.2) is 30.4 Å². The van der Waals surface area contributed by atoms with E-state index in [1.807, 2.05) is 0 Å². The van der Waals surface area contributed by atoms with Gasteiger partial charge in [-0.2, -0.15) is 0 Å². The van der Waals surface area contributed by atoms with E-state index in [0.29, 0.717) is 5.75 Å². The van der Waals surface area contributed by atoms with Gasteiger partial charge in [-0.25, -0.2) is 4.79 Å². The molecule has 0 aromatic heterocycles. The van der Waals surface area contributed by atoms with Crippen molar-refractivity contribution in [3.63, 3.8) is 0 Å². The minimum atomic E-state index is -0.678. The SMILES string of the molecule is COc1cccc(C(=O)OCC(=O)c2cccc([N+](=O)[O-])c2)c1. The number of Topliss-reactive ketones (excluding diaryl/α,β-unsaturated/α-hetero) is 1. The van der Waals surface area contributed by atoms with Gasteiger partial charge in [0.15, 0.2) is 6.61 Å². The zero-order valence-corrected chi connectivity index (χ0v) is 12.2. The molecule has 0 aliphatic heterocycles. The maximum atomic E-state index is 12.0. The molecule has 2 aromatic carbocycles. The van der Waals surface area contributed by atoms with Crippen LogP contribution in [0.5, 0.6) is 5.75 Å². The molecule has 0 bridgehead atoms. The molecule has 2 rings (SSSR count). The first-order valence-electron chi connectivity index (χ1n) is 6.60. The third-order valence-corrected chi connectivity index (χ3v) is 3.02. The molecule has 7 heteroatoms. The number of carbonyl (C=O) groups excluding carboxylic acids is 2. The van der Waals surface area contributed by atoms with Crippen molar-refractivity contribution in [3.05, 3.63) is 69.8 Å².